The molecular weight excluding hydrogens is 266 g/mol. The molecule has 2 aromatic rings. The van der Waals surface area contributed by atoms with Gasteiger partial charge in [-0.15, -0.1) is 22.7 Å². The highest BCUT2D eigenvalue weighted by Gasteiger charge is 2.26. The van der Waals surface area contributed by atoms with E-state index in [0.29, 0.717) is 23.3 Å². The number of hydrogen-bond acceptors (Lipinski definition) is 5. The number of aryl methyl sites for hydroxylation is 1. The minimum absolute atomic E-state index is 0.555. The number of halogens is 1. The van der Waals surface area contributed by atoms with Crippen LogP contribution in [0, 0.1) is 6.92 Å². The van der Waals surface area contributed by atoms with E-state index in [1.807, 2.05) is 12.4 Å². The van der Waals surface area contributed by atoms with Crippen LogP contribution in [0.5, 0.6) is 11.5 Å². The second kappa shape index (κ2) is 3.91. The molecule has 1 aliphatic rings. The first-order valence-corrected chi connectivity index (χ1v) is 6.83. The molecule has 0 amide bonds. The third-order valence-electron chi connectivity index (χ3n) is 2.32. The maximum atomic E-state index is 6.12. The Labute approximate surface area is 106 Å². The van der Waals surface area contributed by atoms with Gasteiger partial charge in [0, 0.05) is 4.88 Å². The molecule has 0 N–H and O–H groups in total. The molecule has 1 aliphatic heterocycles. The van der Waals surface area contributed by atoms with Gasteiger partial charge in [0.05, 0.1) is 11.2 Å². The fourth-order valence-electron chi connectivity index (χ4n) is 1.59. The van der Waals surface area contributed by atoms with Gasteiger partial charge >= 0.3 is 0 Å². The van der Waals surface area contributed by atoms with Gasteiger partial charge in [-0.3, -0.25) is 0 Å². The Morgan fingerprint density at radius 2 is 2.06 bits per heavy atom. The smallest absolute Gasteiger partial charge is 0.191 e. The van der Waals surface area contributed by atoms with Gasteiger partial charge in [0.25, 0.3) is 0 Å². The molecule has 0 aliphatic carbocycles. The number of thiophene rings is 1. The lowest BCUT2D eigenvalue weighted by Crippen LogP contribution is -2.14. The molecular formula is C10H8ClNO2S2. The number of nitrogens with zero attached hydrogens (tertiary/aromatic N) is 1. The Kier molecular flexibility index (Phi) is 2.53. The summed E-state index contributed by atoms with van der Waals surface area (Å²) < 4.78 is 11.8. The minimum atomic E-state index is 0.555. The van der Waals surface area contributed by atoms with E-state index in [0.717, 1.165) is 21.2 Å². The summed E-state index contributed by atoms with van der Waals surface area (Å²) in [5, 5.41) is 0. The Hall–Kier alpha value is -0.780. The van der Waals surface area contributed by atoms with E-state index >= 15 is 0 Å². The molecule has 0 bridgehead atoms. The van der Waals surface area contributed by atoms with Crippen molar-refractivity contribution in [2.45, 2.75) is 6.92 Å². The highest BCUT2D eigenvalue weighted by molar-refractivity contribution is 7.20. The van der Waals surface area contributed by atoms with E-state index < -0.39 is 0 Å². The summed E-state index contributed by atoms with van der Waals surface area (Å²) in [7, 11) is 0. The molecule has 6 heteroatoms. The predicted molar refractivity (Wildman–Crippen MR) is 66.2 cm³/mol. The van der Waals surface area contributed by atoms with Gasteiger partial charge in [-0.2, -0.15) is 0 Å². The molecule has 0 fully saturated rings. The monoisotopic (exact) mass is 273 g/mol. The van der Waals surface area contributed by atoms with E-state index in [-0.39, 0.29) is 0 Å². The lowest BCUT2D eigenvalue weighted by Gasteiger charge is -2.15. The van der Waals surface area contributed by atoms with Crippen molar-refractivity contribution in [2.24, 2.45) is 0 Å². The summed E-state index contributed by atoms with van der Waals surface area (Å²) in [5.74, 6) is 1.41. The van der Waals surface area contributed by atoms with Crippen molar-refractivity contribution < 1.29 is 9.47 Å². The van der Waals surface area contributed by atoms with Crippen LogP contribution in [0.2, 0.25) is 4.34 Å². The first-order valence-electron chi connectivity index (χ1n) is 4.75. The molecule has 0 radical (unpaired) electrons. The Morgan fingerprint density at radius 3 is 2.75 bits per heavy atom. The maximum Gasteiger partial charge on any atom is 0.191 e. The van der Waals surface area contributed by atoms with E-state index in [1.165, 1.54) is 11.3 Å². The van der Waals surface area contributed by atoms with Crippen LogP contribution in [0.1, 0.15) is 4.88 Å². The van der Waals surface area contributed by atoms with Gasteiger partial charge in [0.15, 0.2) is 11.5 Å². The molecule has 16 heavy (non-hydrogen) atoms. The van der Waals surface area contributed by atoms with E-state index in [4.69, 9.17) is 21.1 Å². The number of aromatic nitrogens is 1. The van der Waals surface area contributed by atoms with E-state index in [9.17, 15) is 0 Å². The Balaban J connectivity index is 2.18. The third-order valence-corrected chi connectivity index (χ3v) is 4.43. The van der Waals surface area contributed by atoms with Crippen LogP contribution < -0.4 is 9.47 Å². The summed E-state index contributed by atoms with van der Waals surface area (Å²) >= 11 is 9.20. The average Bonchev–Trinajstić information content (AvgIpc) is 2.84. The number of thiazole rings is 1. The Bertz CT molecular complexity index is 535. The molecule has 3 heterocycles. The fourth-order valence-corrected chi connectivity index (χ4v) is 3.58. The summed E-state index contributed by atoms with van der Waals surface area (Å²) in [6.07, 6.45) is 0. The second-order valence-corrected chi connectivity index (χ2v) is 6.00. The summed E-state index contributed by atoms with van der Waals surface area (Å²) in [5.41, 5.74) is 2.78. The Morgan fingerprint density at radius 1 is 1.31 bits per heavy atom. The lowest BCUT2D eigenvalue weighted by atomic mass is 10.3. The molecule has 0 aromatic carbocycles. The molecule has 0 atom stereocenters. The van der Waals surface area contributed by atoms with Gasteiger partial charge in [-0.1, -0.05) is 11.6 Å². The third kappa shape index (κ3) is 1.50. The van der Waals surface area contributed by atoms with Crippen molar-refractivity contribution in [2.75, 3.05) is 13.2 Å². The standard InChI is InChI=1S/C10H8ClNO2S2/c1-5-6(12-4-15-5)9-7-8(10(11)16-9)14-3-2-13-7/h4H,2-3H2,1H3. The van der Waals surface area contributed by atoms with Crippen molar-refractivity contribution in [1.82, 2.24) is 4.98 Å². The van der Waals surface area contributed by atoms with Crippen molar-refractivity contribution >= 4 is 34.3 Å². The quantitative estimate of drug-likeness (QED) is 0.795. The zero-order chi connectivity index (χ0) is 11.1. The van der Waals surface area contributed by atoms with E-state index in [2.05, 4.69) is 4.98 Å². The minimum Gasteiger partial charge on any atom is -0.484 e. The van der Waals surface area contributed by atoms with Crippen molar-refractivity contribution in [3.8, 4) is 22.1 Å². The summed E-state index contributed by atoms with van der Waals surface area (Å²) in [4.78, 5) is 6.47. The lowest BCUT2D eigenvalue weighted by molar-refractivity contribution is 0.174. The van der Waals surface area contributed by atoms with Crippen LogP contribution in [0.3, 0.4) is 0 Å². The molecule has 0 saturated carbocycles. The van der Waals surface area contributed by atoms with Gasteiger partial charge < -0.3 is 9.47 Å². The maximum absolute atomic E-state index is 6.12. The predicted octanol–water partition coefficient (Wildman–Crippen LogP) is 3.60. The van der Waals surface area contributed by atoms with Crippen LogP contribution in [0.4, 0.5) is 0 Å². The average molecular weight is 274 g/mol. The first-order chi connectivity index (χ1) is 7.77. The zero-order valence-electron chi connectivity index (χ0n) is 8.45. The highest BCUT2D eigenvalue weighted by Crippen LogP contribution is 2.52. The first kappa shape index (κ1) is 10.4. The summed E-state index contributed by atoms with van der Waals surface area (Å²) in [6.45, 7) is 3.16. The van der Waals surface area contributed by atoms with E-state index in [1.54, 1.807) is 11.3 Å². The molecule has 2 aromatic heterocycles. The van der Waals surface area contributed by atoms with Gasteiger partial charge in [-0.05, 0) is 6.92 Å². The summed E-state index contributed by atoms with van der Waals surface area (Å²) in [6, 6.07) is 0. The zero-order valence-corrected chi connectivity index (χ0v) is 10.8. The normalized spacial score (nSPS) is 14.1. The highest BCUT2D eigenvalue weighted by atomic mass is 35.5. The number of hydrogen-bond donors (Lipinski definition) is 0. The largest absolute Gasteiger partial charge is 0.484 e. The topological polar surface area (TPSA) is 31.4 Å². The number of rotatable bonds is 1. The molecule has 0 spiro atoms. The van der Waals surface area contributed by atoms with Crippen molar-refractivity contribution in [1.29, 1.82) is 0 Å². The van der Waals surface area contributed by atoms with Crippen LogP contribution >= 0.6 is 34.3 Å². The van der Waals surface area contributed by atoms with Gasteiger partial charge in [0.2, 0.25) is 0 Å². The van der Waals surface area contributed by atoms with Crippen molar-refractivity contribution in [3.05, 3.63) is 14.7 Å². The van der Waals surface area contributed by atoms with Crippen molar-refractivity contribution in [3.63, 3.8) is 0 Å². The molecule has 0 saturated heterocycles. The van der Waals surface area contributed by atoms with Crippen LogP contribution in [-0.4, -0.2) is 18.2 Å². The molecule has 3 nitrogen and oxygen atoms in total. The SMILES string of the molecule is Cc1scnc1-c1sc(Cl)c2c1OCCO2. The number of fused-ring (bicyclic) bond motifs is 1. The molecule has 0 unspecified atom stereocenters. The second-order valence-electron chi connectivity index (χ2n) is 3.32. The number of ether oxygens (including phenoxy) is 2. The molecule has 3 rings (SSSR count). The van der Waals surface area contributed by atoms with Crippen LogP contribution in [-0.2, 0) is 0 Å². The van der Waals surface area contributed by atoms with Crippen LogP contribution in [0.25, 0.3) is 10.6 Å². The van der Waals surface area contributed by atoms with Gasteiger partial charge in [-0.25, -0.2) is 4.98 Å². The fraction of sp³-hybridized carbons (Fsp3) is 0.300. The van der Waals surface area contributed by atoms with Crippen LogP contribution in [0.15, 0.2) is 5.51 Å². The molecule has 84 valence electrons. The van der Waals surface area contributed by atoms with Gasteiger partial charge in [0.1, 0.15) is 22.4 Å².